The van der Waals surface area contributed by atoms with E-state index in [1.165, 1.54) is 54.5 Å². The summed E-state index contributed by atoms with van der Waals surface area (Å²) in [6.45, 7) is 7.26. The Morgan fingerprint density at radius 3 is 2.62 bits per heavy atom. The van der Waals surface area contributed by atoms with E-state index in [0.29, 0.717) is 11.5 Å². The molecule has 4 heteroatoms. The van der Waals surface area contributed by atoms with Crippen molar-refractivity contribution in [3.05, 3.63) is 10.6 Å². The predicted octanol–water partition coefficient (Wildman–Crippen LogP) is 3.61. The van der Waals surface area contributed by atoms with E-state index in [0.717, 1.165) is 18.3 Å². The van der Waals surface area contributed by atoms with Crippen LogP contribution < -0.4 is 10.2 Å². The van der Waals surface area contributed by atoms with Crippen LogP contribution in [0.5, 0.6) is 0 Å². The van der Waals surface area contributed by atoms with Crippen molar-refractivity contribution < 1.29 is 0 Å². The minimum absolute atomic E-state index is 0.369. The van der Waals surface area contributed by atoms with Crippen molar-refractivity contribution in [2.24, 2.45) is 17.3 Å². The maximum atomic E-state index is 5.06. The second kappa shape index (κ2) is 4.95. The van der Waals surface area contributed by atoms with Gasteiger partial charge < -0.3 is 10.2 Å². The van der Waals surface area contributed by atoms with Crippen molar-refractivity contribution in [1.29, 1.82) is 0 Å². The molecule has 0 spiro atoms. The number of fused-ring (bicyclic) bond motifs is 2. The lowest BCUT2D eigenvalue weighted by molar-refractivity contribution is 0.265. The molecule has 0 radical (unpaired) electrons. The van der Waals surface area contributed by atoms with Gasteiger partial charge in [0.05, 0.1) is 5.69 Å². The molecule has 116 valence electrons. The number of rotatable bonds is 2. The lowest BCUT2D eigenvalue weighted by Crippen LogP contribution is -2.30. The highest BCUT2D eigenvalue weighted by molar-refractivity contribution is 7.15. The smallest absolute Gasteiger partial charge is 0.185 e. The van der Waals surface area contributed by atoms with Crippen LogP contribution in [0.1, 0.15) is 56.1 Å². The van der Waals surface area contributed by atoms with Gasteiger partial charge in [0.15, 0.2) is 5.13 Å². The van der Waals surface area contributed by atoms with Crippen molar-refractivity contribution in [3.63, 3.8) is 0 Å². The monoisotopic (exact) mass is 305 g/mol. The zero-order valence-corrected chi connectivity index (χ0v) is 14.3. The summed E-state index contributed by atoms with van der Waals surface area (Å²) in [4.78, 5) is 9.14. The van der Waals surface area contributed by atoms with Gasteiger partial charge in [-0.25, -0.2) is 4.98 Å². The zero-order chi connectivity index (χ0) is 14.6. The van der Waals surface area contributed by atoms with Crippen LogP contribution in [-0.2, 0) is 6.42 Å². The third-order valence-corrected chi connectivity index (χ3v) is 7.05. The first kappa shape index (κ1) is 14.0. The Kier molecular flexibility index (Phi) is 3.30. The summed E-state index contributed by atoms with van der Waals surface area (Å²) < 4.78 is 0. The highest BCUT2D eigenvalue weighted by atomic mass is 32.1. The van der Waals surface area contributed by atoms with Crippen molar-refractivity contribution >= 4 is 16.5 Å². The lowest BCUT2D eigenvalue weighted by atomic mass is 9.76. The van der Waals surface area contributed by atoms with Crippen LogP contribution in [0.25, 0.3) is 0 Å². The van der Waals surface area contributed by atoms with Crippen molar-refractivity contribution in [2.75, 3.05) is 25.0 Å². The third kappa shape index (κ3) is 2.40. The molecule has 3 atom stereocenters. The molecule has 21 heavy (non-hydrogen) atoms. The lowest BCUT2D eigenvalue weighted by Gasteiger charge is -2.34. The number of anilines is 1. The molecule has 4 rings (SSSR count). The molecule has 1 N–H and O–H groups in total. The number of nitrogens with one attached hydrogen (secondary N) is 1. The molecule has 0 aromatic carbocycles. The Morgan fingerprint density at radius 2 is 1.95 bits per heavy atom. The molecular formula is C17H27N3S. The maximum absolute atomic E-state index is 5.06. The van der Waals surface area contributed by atoms with Gasteiger partial charge in [0.25, 0.3) is 0 Å². The first-order valence-electron chi connectivity index (χ1n) is 8.47. The fourth-order valence-corrected chi connectivity index (χ4v) is 5.89. The average molecular weight is 305 g/mol. The van der Waals surface area contributed by atoms with E-state index in [2.05, 4.69) is 31.1 Å². The fraction of sp³-hybridized carbons (Fsp3) is 0.824. The van der Waals surface area contributed by atoms with E-state index in [9.17, 15) is 0 Å². The molecule has 0 bridgehead atoms. The summed E-state index contributed by atoms with van der Waals surface area (Å²) in [5.41, 5.74) is 1.73. The summed E-state index contributed by atoms with van der Waals surface area (Å²) in [6.07, 6.45) is 6.70. The number of aromatic nitrogens is 1. The SMILES string of the molecule is CNC1CC(C)(C)Cc2nc(N3CC4CCCC4C3)sc21. The van der Waals surface area contributed by atoms with E-state index >= 15 is 0 Å². The highest BCUT2D eigenvalue weighted by Gasteiger charge is 2.39. The quantitative estimate of drug-likeness (QED) is 0.904. The minimum atomic E-state index is 0.369. The van der Waals surface area contributed by atoms with Crippen LogP contribution in [0.15, 0.2) is 0 Å². The molecule has 3 aliphatic rings. The average Bonchev–Trinajstić information content (AvgIpc) is 3.07. The molecule has 2 aliphatic carbocycles. The van der Waals surface area contributed by atoms with Crippen molar-refractivity contribution in [1.82, 2.24) is 10.3 Å². The topological polar surface area (TPSA) is 28.2 Å². The summed E-state index contributed by atoms with van der Waals surface area (Å²) in [5, 5.41) is 4.81. The van der Waals surface area contributed by atoms with Gasteiger partial charge >= 0.3 is 0 Å². The highest BCUT2D eigenvalue weighted by Crippen LogP contribution is 2.46. The van der Waals surface area contributed by atoms with Gasteiger partial charge in [-0.2, -0.15) is 0 Å². The number of hydrogen-bond donors (Lipinski definition) is 1. The van der Waals surface area contributed by atoms with Gasteiger partial charge in [0.1, 0.15) is 0 Å². The number of nitrogens with zero attached hydrogens (tertiary/aromatic N) is 2. The summed E-state index contributed by atoms with van der Waals surface area (Å²) >= 11 is 1.96. The Balaban J connectivity index is 1.60. The summed E-state index contributed by atoms with van der Waals surface area (Å²) in [7, 11) is 2.09. The van der Waals surface area contributed by atoms with Crippen LogP contribution in [0.3, 0.4) is 0 Å². The van der Waals surface area contributed by atoms with Crippen LogP contribution in [-0.4, -0.2) is 25.1 Å². The standard InChI is InChI=1S/C17H27N3S/c1-17(2)7-13(18-3)15-14(8-17)19-16(21-15)20-9-11-5-4-6-12(11)10-20/h11-13,18H,4-10H2,1-3H3. The predicted molar refractivity (Wildman–Crippen MR) is 89.1 cm³/mol. The summed E-state index contributed by atoms with van der Waals surface area (Å²) in [5.74, 6) is 1.89. The van der Waals surface area contributed by atoms with Gasteiger partial charge in [-0.05, 0) is 50.0 Å². The second-order valence-corrected chi connectivity index (χ2v) is 9.06. The van der Waals surface area contributed by atoms with E-state index < -0.39 is 0 Å². The van der Waals surface area contributed by atoms with Gasteiger partial charge in [-0.15, -0.1) is 0 Å². The van der Waals surface area contributed by atoms with Gasteiger partial charge in [0.2, 0.25) is 0 Å². The normalized spacial score (nSPS) is 34.0. The Labute approximate surface area is 132 Å². The van der Waals surface area contributed by atoms with Crippen LogP contribution in [0.4, 0.5) is 5.13 Å². The largest absolute Gasteiger partial charge is 0.348 e. The molecular weight excluding hydrogens is 278 g/mol. The van der Waals surface area contributed by atoms with Crippen molar-refractivity contribution in [3.8, 4) is 0 Å². The molecule has 3 nitrogen and oxygen atoms in total. The Morgan fingerprint density at radius 1 is 1.24 bits per heavy atom. The molecule has 2 heterocycles. The molecule has 1 aliphatic heterocycles. The zero-order valence-electron chi connectivity index (χ0n) is 13.5. The summed E-state index contributed by atoms with van der Waals surface area (Å²) in [6, 6.07) is 0.497. The van der Waals surface area contributed by atoms with Crippen LogP contribution >= 0.6 is 11.3 Å². The van der Waals surface area contributed by atoms with E-state index in [1.807, 2.05) is 11.3 Å². The molecule has 2 fully saturated rings. The maximum Gasteiger partial charge on any atom is 0.185 e. The molecule has 1 saturated carbocycles. The van der Waals surface area contributed by atoms with E-state index in [-0.39, 0.29) is 0 Å². The molecule has 1 saturated heterocycles. The third-order valence-electron chi connectivity index (χ3n) is 5.78. The van der Waals surface area contributed by atoms with Crippen LogP contribution in [0, 0.1) is 17.3 Å². The van der Waals surface area contributed by atoms with Crippen LogP contribution in [0.2, 0.25) is 0 Å². The molecule has 0 amide bonds. The fourth-order valence-electron chi connectivity index (χ4n) is 4.68. The number of hydrogen-bond acceptors (Lipinski definition) is 4. The van der Waals surface area contributed by atoms with Gasteiger partial charge in [0, 0.05) is 24.0 Å². The van der Waals surface area contributed by atoms with Gasteiger partial charge in [-0.3, -0.25) is 0 Å². The Hall–Kier alpha value is -0.610. The first-order valence-corrected chi connectivity index (χ1v) is 9.29. The molecule has 1 aromatic heterocycles. The first-order chi connectivity index (χ1) is 10.1. The van der Waals surface area contributed by atoms with E-state index in [4.69, 9.17) is 4.98 Å². The Bertz CT molecular complexity index is 524. The molecule has 3 unspecified atom stereocenters. The molecule has 1 aromatic rings. The number of thiazole rings is 1. The second-order valence-electron chi connectivity index (χ2n) is 8.05. The van der Waals surface area contributed by atoms with E-state index in [1.54, 1.807) is 0 Å². The van der Waals surface area contributed by atoms with Gasteiger partial charge in [-0.1, -0.05) is 31.6 Å². The minimum Gasteiger partial charge on any atom is -0.348 e. The van der Waals surface area contributed by atoms with Crippen molar-refractivity contribution in [2.45, 2.75) is 52.0 Å².